The van der Waals surface area contributed by atoms with Crippen LogP contribution in [-0.2, 0) is 22.8 Å². The van der Waals surface area contributed by atoms with Crippen molar-refractivity contribution in [1.29, 1.82) is 0 Å². The molecule has 28 heavy (non-hydrogen) atoms. The standard InChI is InChI=1S/C21H30N4O2S/c1-16-6-9-18(20(14-16)25(3)4)15-24-21(22-2)23-13-12-17-7-10-19(11-8-17)28(5,26)27/h6-11,14H,12-13,15H2,1-5H3,(H2,22,23,24). The molecular weight excluding hydrogens is 372 g/mol. The lowest BCUT2D eigenvalue weighted by Gasteiger charge is -2.19. The summed E-state index contributed by atoms with van der Waals surface area (Å²) < 4.78 is 23.0. The highest BCUT2D eigenvalue weighted by atomic mass is 32.2. The van der Waals surface area contributed by atoms with Crippen molar-refractivity contribution in [2.75, 3.05) is 38.8 Å². The number of aliphatic imine (C=N–C) groups is 1. The number of nitrogens with one attached hydrogen (secondary N) is 2. The van der Waals surface area contributed by atoms with Gasteiger partial charge >= 0.3 is 0 Å². The molecule has 0 bridgehead atoms. The van der Waals surface area contributed by atoms with E-state index in [1.165, 1.54) is 23.1 Å². The van der Waals surface area contributed by atoms with Gasteiger partial charge in [-0.05, 0) is 48.2 Å². The Labute approximate surface area is 168 Å². The molecule has 7 heteroatoms. The molecule has 0 aliphatic rings. The van der Waals surface area contributed by atoms with E-state index in [0.29, 0.717) is 18.0 Å². The van der Waals surface area contributed by atoms with E-state index < -0.39 is 9.84 Å². The molecule has 0 spiro atoms. The maximum Gasteiger partial charge on any atom is 0.191 e. The first-order chi connectivity index (χ1) is 13.2. The second-order valence-electron chi connectivity index (χ2n) is 7.05. The van der Waals surface area contributed by atoms with Crippen molar-refractivity contribution in [3.8, 4) is 0 Å². The zero-order chi connectivity index (χ0) is 20.7. The number of anilines is 1. The van der Waals surface area contributed by atoms with E-state index in [-0.39, 0.29) is 0 Å². The topological polar surface area (TPSA) is 73.8 Å². The highest BCUT2D eigenvalue weighted by molar-refractivity contribution is 7.90. The lowest BCUT2D eigenvalue weighted by atomic mass is 10.1. The van der Waals surface area contributed by atoms with Crippen molar-refractivity contribution < 1.29 is 8.42 Å². The molecule has 0 unspecified atom stereocenters. The van der Waals surface area contributed by atoms with E-state index in [1.54, 1.807) is 19.2 Å². The average molecular weight is 403 g/mol. The molecule has 0 saturated heterocycles. The number of hydrogen-bond acceptors (Lipinski definition) is 4. The van der Waals surface area contributed by atoms with Crippen LogP contribution < -0.4 is 15.5 Å². The Morgan fingerprint density at radius 3 is 2.32 bits per heavy atom. The summed E-state index contributed by atoms with van der Waals surface area (Å²) in [6, 6.07) is 13.4. The highest BCUT2D eigenvalue weighted by Gasteiger charge is 2.07. The molecule has 0 aliphatic heterocycles. The Bertz CT molecular complexity index is 920. The van der Waals surface area contributed by atoms with E-state index in [4.69, 9.17) is 0 Å². The number of hydrogen-bond donors (Lipinski definition) is 2. The molecule has 0 atom stereocenters. The third kappa shape index (κ3) is 6.27. The number of aryl methyl sites for hydroxylation is 1. The van der Waals surface area contributed by atoms with Crippen LogP contribution in [0.25, 0.3) is 0 Å². The van der Waals surface area contributed by atoms with Gasteiger partial charge in [0.1, 0.15) is 0 Å². The molecule has 2 aromatic rings. The number of benzene rings is 2. The van der Waals surface area contributed by atoms with Gasteiger partial charge in [0, 0.05) is 46.2 Å². The molecule has 2 N–H and O–H groups in total. The zero-order valence-electron chi connectivity index (χ0n) is 17.3. The Balaban J connectivity index is 1.89. The number of guanidine groups is 1. The smallest absolute Gasteiger partial charge is 0.191 e. The normalized spacial score (nSPS) is 12.0. The first kappa shape index (κ1) is 21.8. The summed E-state index contributed by atoms with van der Waals surface area (Å²) in [5, 5.41) is 6.65. The lowest BCUT2D eigenvalue weighted by Crippen LogP contribution is -2.38. The summed E-state index contributed by atoms with van der Waals surface area (Å²) in [5.74, 6) is 0.734. The summed E-state index contributed by atoms with van der Waals surface area (Å²) in [4.78, 5) is 6.73. The Hall–Kier alpha value is -2.54. The fraction of sp³-hybridized carbons (Fsp3) is 0.381. The van der Waals surface area contributed by atoms with E-state index in [1.807, 2.05) is 26.2 Å². The molecule has 6 nitrogen and oxygen atoms in total. The van der Waals surface area contributed by atoms with Gasteiger partial charge in [-0.25, -0.2) is 8.42 Å². The summed E-state index contributed by atoms with van der Waals surface area (Å²) in [6.45, 7) is 3.47. The first-order valence-electron chi connectivity index (χ1n) is 9.21. The number of nitrogens with zero attached hydrogens (tertiary/aromatic N) is 2. The Morgan fingerprint density at radius 1 is 1.07 bits per heavy atom. The highest BCUT2D eigenvalue weighted by Crippen LogP contribution is 2.20. The summed E-state index contributed by atoms with van der Waals surface area (Å²) in [7, 11) is 2.68. The van der Waals surface area contributed by atoms with E-state index >= 15 is 0 Å². The second-order valence-corrected chi connectivity index (χ2v) is 9.06. The van der Waals surface area contributed by atoms with Gasteiger partial charge < -0.3 is 15.5 Å². The van der Waals surface area contributed by atoms with Crippen molar-refractivity contribution in [2.24, 2.45) is 4.99 Å². The minimum Gasteiger partial charge on any atom is -0.377 e. The third-order valence-corrected chi connectivity index (χ3v) is 5.58. The van der Waals surface area contributed by atoms with Gasteiger partial charge in [-0.3, -0.25) is 4.99 Å². The molecule has 152 valence electrons. The van der Waals surface area contributed by atoms with Crippen molar-refractivity contribution in [2.45, 2.75) is 24.8 Å². The SMILES string of the molecule is CN=C(NCCc1ccc(S(C)(=O)=O)cc1)NCc1ccc(C)cc1N(C)C. The molecule has 2 rings (SSSR count). The Morgan fingerprint density at radius 2 is 1.75 bits per heavy atom. The summed E-state index contributed by atoms with van der Waals surface area (Å²) in [6.07, 6.45) is 1.99. The van der Waals surface area contributed by atoms with Gasteiger partial charge in [-0.2, -0.15) is 0 Å². The summed E-state index contributed by atoms with van der Waals surface area (Å²) >= 11 is 0. The molecule has 0 fully saturated rings. The minimum absolute atomic E-state index is 0.344. The van der Waals surface area contributed by atoms with E-state index in [2.05, 4.69) is 45.6 Å². The van der Waals surface area contributed by atoms with Crippen molar-refractivity contribution in [1.82, 2.24) is 10.6 Å². The number of rotatable bonds is 7. The molecule has 0 amide bonds. The second kappa shape index (κ2) is 9.59. The molecule has 0 heterocycles. The van der Waals surface area contributed by atoms with Gasteiger partial charge in [0.25, 0.3) is 0 Å². The lowest BCUT2D eigenvalue weighted by molar-refractivity contribution is 0.602. The Kier molecular flexibility index (Phi) is 7.45. The van der Waals surface area contributed by atoms with Crippen LogP contribution in [-0.4, -0.2) is 48.3 Å². The monoisotopic (exact) mass is 402 g/mol. The van der Waals surface area contributed by atoms with Gasteiger partial charge in [-0.15, -0.1) is 0 Å². The maximum atomic E-state index is 11.5. The molecular formula is C21H30N4O2S. The minimum atomic E-state index is -3.15. The summed E-state index contributed by atoms with van der Waals surface area (Å²) in [5.41, 5.74) is 4.70. The molecule has 2 aromatic carbocycles. The maximum absolute atomic E-state index is 11.5. The predicted octanol–water partition coefficient (Wildman–Crippen LogP) is 2.37. The number of sulfone groups is 1. The van der Waals surface area contributed by atoms with Crippen LogP contribution in [0.15, 0.2) is 52.4 Å². The van der Waals surface area contributed by atoms with Crippen LogP contribution in [0.4, 0.5) is 5.69 Å². The predicted molar refractivity (Wildman–Crippen MR) is 117 cm³/mol. The molecule has 0 aromatic heterocycles. The van der Waals surface area contributed by atoms with Crippen LogP contribution in [0.1, 0.15) is 16.7 Å². The van der Waals surface area contributed by atoms with Crippen LogP contribution in [0, 0.1) is 6.92 Å². The molecule has 0 aliphatic carbocycles. The van der Waals surface area contributed by atoms with Crippen molar-refractivity contribution >= 4 is 21.5 Å². The van der Waals surface area contributed by atoms with E-state index in [9.17, 15) is 8.42 Å². The van der Waals surface area contributed by atoms with Crippen LogP contribution >= 0.6 is 0 Å². The quantitative estimate of drug-likeness (QED) is 0.549. The van der Waals surface area contributed by atoms with Gasteiger partial charge in [0.05, 0.1) is 4.90 Å². The van der Waals surface area contributed by atoms with Crippen LogP contribution in [0.5, 0.6) is 0 Å². The van der Waals surface area contributed by atoms with Gasteiger partial charge in [0.15, 0.2) is 15.8 Å². The van der Waals surface area contributed by atoms with Gasteiger partial charge in [-0.1, -0.05) is 24.3 Å². The first-order valence-corrected chi connectivity index (χ1v) is 11.1. The largest absolute Gasteiger partial charge is 0.377 e. The van der Waals surface area contributed by atoms with Gasteiger partial charge in [0.2, 0.25) is 0 Å². The molecule has 0 saturated carbocycles. The van der Waals surface area contributed by atoms with E-state index in [0.717, 1.165) is 17.9 Å². The fourth-order valence-corrected chi connectivity index (χ4v) is 3.50. The molecule has 0 radical (unpaired) electrons. The third-order valence-electron chi connectivity index (χ3n) is 4.45. The van der Waals surface area contributed by atoms with Crippen LogP contribution in [0.2, 0.25) is 0 Å². The van der Waals surface area contributed by atoms with Crippen LogP contribution in [0.3, 0.4) is 0 Å². The fourth-order valence-electron chi connectivity index (χ4n) is 2.87. The van der Waals surface area contributed by atoms with Crippen molar-refractivity contribution in [3.05, 3.63) is 59.2 Å². The zero-order valence-corrected chi connectivity index (χ0v) is 18.1. The van der Waals surface area contributed by atoms with Crippen molar-refractivity contribution in [3.63, 3.8) is 0 Å². The average Bonchev–Trinajstić information content (AvgIpc) is 2.64.